The van der Waals surface area contributed by atoms with Gasteiger partial charge >= 0.3 is 12.2 Å². The highest BCUT2D eigenvalue weighted by molar-refractivity contribution is 9.10. The molecule has 0 aliphatic rings. The Balaban J connectivity index is 2.71. The standard InChI is InChI=1S/C11H13BrN2O4/c12-8-3-1-2-7(6-8)9(14-11(17)18)4-5-13-10(15)16/h1-3,6,9,13-14H,4-5H2,(H,15,16)(H,17,18)/t9-/m1/s1. The van der Waals surface area contributed by atoms with Crippen LogP contribution < -0.4 is 10.6 Å². The van der Waals surface area contributed by atoms with Gasteiger partial charge in [0.15, 0.2) is 0 Å². The number of hydrogen-bond donors (Lipinski definition) is 4. The summed E-state index contributed by atoms with van der Waals surface area (Å²) in [5.74, 6) is 0. The number of amides is 2. The number of hydrogen-bond acceptors (Lipinski definition) is 2. The van der Waals surface area contributed by atoms with Crippen molar-refractivity contribution < 1.29 is 19.8 Å². The van der Waals surface area contributed by atoms with Gasteiger partial charge in [0.05, 0.1) is 6.04 Å². The molecule has 0 saturated heterocycles. The Kier molecular flexibility index (Phi) is 5.44. The SMILES string of the molecule is O=C(O)NCC[C@@H](NC(=O)O)c1cccc(Br)c1. The second kappa shape index (κ2) is 6.85. The van der Waals surface area contributed by atoms with Crippen molar-refractivity contribution in [2.75, 3.05) is 6.54 Å². The van der Waals surface area contributed by atoms with E-state index in [1.54, 1.807) is 18.2 Å². The van der Waals surface area contributed by atoms with Crippen molar-refractivity contribution in [3.8, 4) is 0 Å². The summed E-state index contributed by atoms with van der Waals surface area (Å²) in [6.45, 7) is 0.173. The van der Waals surface area contributed by atoms with E-state index in [1.165, 1.54) is 0 Å². The summed E-state index contributed by atoms with van der Waals surface area (Å²) in [5.41, 5.74) is 0.777. The number of carbonyl (C=O) groups is 2. The molecule has 0 heterocycles. The van der Waals surface area contributed by atoms with Gasteiger partial charge in [0.1, 0.15) is 0 Å². The molecule has 0 aliphatic heterocycles. The van der Waals surface area contributed by atoms with Gasteiger partial charge in [0, 0.05) is 11.0 Å². The highest BCUT2D eigenvalue weighted by Crippen LogP contribution is 2.20. The average molecular weight is 317 g/mol. The van der Waals surface area contributed by atoms with Gasteiger partial charge < -0.3 is 20.8 Å². The fourth-order valence-electron chi connectivity index (χ4n) is 1.52. The van der Waals surface area contributed by atoms with E-state index < -0.39 is 18.2 Å². The van der Waals surface area contributed by atoms with Gasteiger partial charge in [-0.15, -0.1) is 0 Å². The molecular weight excluding hydrogens is 304 g/mol. The molecule has 1 rings (SSSR count). The topological polar surface area (TPSA) is 98.7 Å². The molecule has 2 amide bonds. The summed E-state index contributed by atoms with van der Waals surface area (Å²) >= 11 is 3.30. The normalized spacial score (nSPS) is 11.6. The first kappa shape index (κ1) is 14.3. The molecule has 0 spiro atoms. The molecular formula is C11H13BrN2O4. The van der Waals surface area contributed by atoms with Crippen molar-refractivity contribution in [3.63, 3.8) is 0 Å². The largest absolute Gasteiger partial charge is 0.465 e. The smallest absolute Gasteiger partial charge is 0.405 e. The minimum absolute atomic E-state index is 0.173. The summed E-state index contributed by atoms with van der Waals surface area (Å²) in [6.07, 6.45) is -1.93. The Bertz CT molecular complexity index is 439. The van der Waals surface area contributed by atoms with Crippen LogP contribution in [0.2, 0.25) is 0 Å². The van der Waals surface area contributed by atoms with Crippen LogP contribution in [0.1, 0.15) is 18.0 Å². The van der Waals surface area contributed by atoms with Crippen molar-refractivity contribution in [3.05, 3.63) is 34.3 Å². The molecule has 0 unspecified atom stereocenters. The lowest BCUT2D eigenvalue weighted by Crippen LogP contribution is -2.31. The van der Waals surface area contributed by atoms with Gasteiger partial charge in [0.25, 0.3) is 0 Å². The van der Waals surface area contributed by atoms with Gasteiger partial charge in [-0.2, -0.15) is 0 Å². The molecule has 7 heteroatoms. The van der Waals surface area contributed by atoms with E-state index in [-0.39, 0.29) is 6.54 Å². The van der Waals surface area contributed by atoms with Crippen LogP contribution in [0.5, 0.6) is 0 Å². The molecule has 4 N–H and O–H groups in total. The summed E-state index contributed by atoms with van der Waals surface area (Å²) in [4.78, 5) is 21.0. The van der Waals surface area contributed by atoms with Gasteiger partial charge in [-0.25, -0.2) is 9.59 Å². The monoisotopic (exact) mass is 316 g/mol. The Morgan fingerprint density at radius 3 is 2.56 bits per heavy atom. The Morgan fingerprint density at radius 2 is 2.00 bits per heavy atom. The number of rotatable bonds is 5. The second-order valence-electron chi connectivity index (χ2n) is 3.58. The quantitative estimate of drug-likeness (QED) is 0.670. The van der Waals surface area contributed by atoms with Crippen LogP contribution in [0.3, 0.4) is 0 Å². The molecule has 18 heavy (non-hydrogen) atoms. The molecule has 1 aromatic carbocycles. The van der Waals surface area contributed by atoms with Crippen LogP contribution in [0.25, 0.3) is 0 Å². The lowest BCUT2D eigenvalue weighted by atomic mass is 10.0. The highest BCUT2D eigenvalue weighted by Gasteiger charge is 2.14. The third-order valence-electron chi connectivity index (χ3n) is 2.26. The third kappa shape index (κ3) is 5.05. The lowest BCUT2D eigenvalue weighted by Gasteiger charge is -2.17. The second-order valence-corrected chi connectivity index (χ2v) is 4.49. The highest BCUT2D eigenvalue weighted by atomic mass is 79.9. The molecule has 0 saturated carbocycles. The van der Waals surface area contributed by atoms with Gasteiger partial charge in [-0.1, -0.05) is 28.1 Å². The van der Waals surface area contributed by atoms with Crippen LogP contribution in [-0.2, 0) is 0 Å². The summed E-state index contributed by atoms with van der Waals surface area (Å²) in [6, 6.07) is 6.75. The first-order chi connectivity index (χ1) is 8.49. The molecule has 0 fully saturated rings. The summed E-state index contributed by atoms with van der Waals surface area (Å²) < 4.78 is 0.836. The number of carboxylic acid groups (broad SMARTS) is 2. The van der Waals surface area contributed by atoms with Crippen LogP contribution in [0.15, 0.2) is 28.7 Å². The molecule has 6 nitrogen and oxygen atoms in total. The zero-order valence-electron chi connectivity index (χ0n) is 9.39. The molecule has 0 aliphatic carbocycles. The van der Waals surface area contributed by atoms with Crippen molar-refractivity contribution in [1.82, 2.24) is 10.6 Å². The lowest BCUT2D eigenvalue weighted by molar-refractivity contribution is 0.188. The Hall–Kier alpha value is -1.76. The van der Waals surface area contributed by atoms with E-state index in [1.807, 2.05) is 6.07 Å². The van der Waals surface area contributed by atoms with Gasteiger partial charge in [-0.05, 0) is 24.1 Å². The van der Waals surface area contributed by atoms with Crippen LogP contribution in [-0.4, -0.2) is 28.9 Å². The molecule has 1 aromatic rings. The van der Waals surface area contributed by atoms with Crippen LogP contribution in [0.4, 0.5) is 9.59 Å². The van der Waals surface area contributed by atoms with E-state index in [9.17, 15) is 9.59 Å². The predicted octanol–water partition coefficient (Wildman–Crippen LogP) is 2.42. The Morgan fingerprint density at radius 1 is 1.28 bits per heavy atom. The maximum atomic E-state index is 10.7. The summed E-state index contributed by atoms with van der Waals surface area (Å²) in [7, 11) is 0. The molecule has 98 valence electrons. The summed E-state index contributed by atoms with van der Waals surface area (Å²) in [5, 5.41) is 21.8. The molecule has 1 atom stereocenters. The van der Waals surface area contributed by atoms with E-state index >= 15 is 0 Å². The van der Waals surface area contributed by atoms with Crippen molar-refractivity contribution in [2.45, 2.75) is 12.5 Å². The predicted molar refractivity (Wildman–Crippen MR) is 68.7 cm³/mol. The molecule has 0 radical (unpaired) electrons. The van der Waals surface area contributed by atoms with E-state index in [0.717, 1.165) is 10.0 Å². The third-order valence-corrected chi connectivity index (χ3v) is 2.75. The first-order valence-electron chi connectivity index (χ1n) is 5.20. The maximum absolute atomic E-state index is 10.7. The fraction of sp³-hybridized carbons (Fsp3) is 0.273. The molecule has 0 aromatic heterocycles. The zero-order chi connectivity index (χ0) is 13.5. The maximum Gasteiger partial charge on any atom is 0.405 e. The number of nitrogens with one attached hydrogen (secondary N) is 2. The number of benzene rings is 1. The average Bonchev–Trinajstić information content (AvgIpc) is 2.26. The Labute approximate surface area is 112 Å². The molecule has 0 bridgehead atoms. The minimum atomic E-state index is -1.14. The van der Waals surface area contributed by atoms with Crippen LogP contribution in [0, 0.1) is 0 Å². The fourth-order valence-corrected chi connectivity index (χ4v) is 1.93. The first-order valence-corrected chi connectivity index (χ1v) is 6.00. The van der Waals surface area contributed by atoms with Crippen molar-refractivity contribution in [1.29, 1.82) is 0 Å². The van der Waals surface area contributed by atoms with Crippen LogP contribution >= 0.6 is 15.9 Å². The van der Waals surface area contributed by atoms with Crippen molar-refractivity contribution >= 4 is 28.1 Å². The van der Waals surface area contributed by atoms with Gasteiger partial charge in [-0.3, -0.25) is 0 Å². The van der Waals surface area contributed by atoms with E-state index in [2.05, 4.69) is 26.6 Å². The van der Waals surface area contributed by atoms with E-state index in [0.29, 0.717) is 6.42 Å². The van der Waals surface area contributed by atoms with Crippen molar-refractivity contribution in [2.24, 2.45) is 0 Å². The van der Waals surface area contributed by atoms with E-state index in [4.69, 9.17) is 10.2 Å². The number of halogens is 1. The zero-order valence-corrected chi connectivity index (χ0v) is 11.0. The minimum Gasteiger partial charge on any atom is -0.465 e. The van der Waals surface area contributed by atoms with Gasteiger partial charge in [0.2, 0.25) is 0 Å².